The SMILES string of the molecule is CCOC(Cc1ccc(OCCCN2c3ccccc3S(=O)c3ccc(Cl)cc32)cc1)C(=O)O. The third-order valence-electron chi connectivity index (χ3n) is 5.55. The number of carboxylic acids is 1. The van der Waals surface area contributed by atoms with Gasteiger partial charge in [0.2, 0.25) is 0 Å². The number of nitrogens with zero attached hydrogens (tertiary/aromatic N) is 1. The molecular weight excluding hydrogens is 474 g/mol. The average molecular weight is 500 g/mol. The number of halogens is 1. The molecule has 1 aliphatic rings. The number of carboxylic acid groups (broad SMARTS) is 1. The molecule has 0 bridgehead atoms. The van der Waals surface area contributed by atoms with Gasteiger partial charge in [0.05, 0.1) is 38.6 Å². The molecule has 1 N–H and O–H groups in total. The van der Waals surface area contributed by atoms with Crippen molar-refractivity contribution < 1.29 is 23.6 Å². The van der Waals surface area contributed by atoms with Crippen molar-refractivity contribution in [3.05, 3.63) is 77.3 Å². The molecule has 2 unspecified atom stereocenters. The number of hydrogen-bond donors (Lipinski definition) is 1. The van der Waals surface area contributed by atoms with Crippen LogP contribution in [0, 0.1) is 0 Å². The fourth-order valence-corrected chi connectivity index (χ4v) is 5.48. The van der Waals surface area contributed by atoms with Crippen LogP contribution in [0.3, 0.4) is 0 Å². The van der Waals surface area contributed by atoms with Crippen LogP contribution in [0.4, 0.5) is 11.4 Å². The van der Waals surface area contributed by atoms with Crippen molar-refractivity contribution in [2.24, 2.45) is 0 Å². The first-order valence-electron chi connectivity index (χ1n) is 11.1. The van der Waals surface area contributed by atoms with E-state index in [1.54, 1.807) is 13.0 Å². The highest BCUT2D eigenvalue weighted by Gasteiger charge is 2.27. The minimum absolute atomic E-state index is 0.307. The van der Waals surface area contributed by atoms with Crippen LogP contribution in [0.2, 0.25) is 5.02 Å². The number of anilines is 2. The second kappa shape index (κ2) is 11.0. The predicted molar refractivity (Wildman–Crippen MR) is 133 cm³/mol. The van der Waals surface area contributed by atoms with E-state index in [0.717, 1.165) is 38.9 Å². The molecular formula is C26H26ClNO5S. The van der Waals surface area contributed by atoms with Crippen molar-refractivity contribution in [3.63, 3.8) is 0 Å². The van der Waals surface area contributed by atoms with Crippen molar-refractivity contribution in [1.82, 2.24) is 0 Å². The third kappa shape index (κ3) is 5.43. The lowest BCUT2D eigenvalue weighted by molar-refractivity contribution is -0.149. The number of ether oxygens (including phenoxy) is 2. The van der Waals surface area contributed by atoms with E-state index in [9.17, 15) is 14.1 Å². The maximum Gasteiger partial charge on any atom is 0.333 e. The molecule has 0 saturated carbocycles. The standard InChI is InChI=1S/C26H26ClNO5S/c1-2-32-23(26(29)30)16-18-8-11-20(12-9-18)33-15-5-14-28-21-6-3-4-7-24(21)34(31)25-13-10-19(27)17-22(25)28/h3-4,6-13,17,23H,2,5,14-16H2,1H3,(H,29,30). The van der Waals surface area contributed by atoms with E-state index in [1.807, 2.05) is 60.7 Å². The summed E-state index contributed by atoms with van der Waals surface area (Å²) in [6.07, 6.45) is 0.191. The lowest BCUT2D eigenvalue weighted by atomic mass is 10.1. The monoisotopic (exact) mass is 499 g/mol. The number of rotatable bonds is 10. The summed E-state index contributed by atoms with van der Waals surface area (Å²) >= 11 is 6.25. The first kappa shape index (κ1) is 24.3. The van der Waals surface area contributed by atoms with E-state index in [-0.39, 0.29) is 0 Å². The highest BCUT2D eigenvalue weighted by atomic mass is 35.5. The summed E-state index contributed by atoms with van der Waals surface area (Å²) in [6, 6.07) is 20.6. The Morgan fingerprint density at radius 3 is 2.53 bits per heavy atom. The molecule has 0 saturated heterocycles. The molecule has 4 rings (SSSR count). The number of aliphatic carboxylic acids is 1. The second-order valence-electron chi connectivity index (χ2n) is 7.83. The van der Waals surface area contributed by atoms with E-state index < -0.39 is 22.9 Å². The maximum atomic E-state index is 13.0. The van der Waals surface area contributed by atoms with Gasteiger partial charge in [-0.3, -0.25) is 0 Å². The van der Waals surface area contributed by atoms with Gasteiger partial charge in [-0.15, -0.1) is 0 Å². The fraction of sp³-hybridized carbons (Fsp3) is 0.269. The van der Waals surface area contributed by atoms with Crippen LogP contribution in [-0.2, 0) is 26.8 Å². The molecule has 0 fully saturated rings. The first-order chi connectivity index (χ1) is 16.5. The van der Waals surface area contributed by atoms with Crippen LogP contribution >= 0.6 is 11.6 Å². The molecule has 0 aromatic heterocycles. The van der Waals surface area contributed by atoms with E-state index in [0.29, 0.717) is 31.2 Å². The summed E-state index contributed by atoms with van der Waals surface area (Å²) in [5.41, 5.74) is 2.65. The van der Waals surface area contributed by atoms with Gasteiger partial charge in [0.1, 0.15) is 5.75 Å². The van der Waals surface area contributed by atoms with Gasteiger partial charge in [0.25, 0.3) is 0 Å². The zero-order valence-corrected chi connectivity index (χ0v) is 20.3. The van der Waals surface area contributed by atoms with Gasteiger partial charge >= 0.3 is 5.97 Å². The molecule has 8 heteroatoms. The number of benzene rings is 3. The summed E-state index contributed by atoms with van der Waals surface area (Å²) in [5, 5.41) is 9.85. The van der Waals surface area contributed by atoms with E-state index in [1.165, 1.54) is 0 Å². The van der Waals surface area contributed by atoms with Gasteiger partial charge in [-0.25, -0.2) is 9.00 Å². The van der Waals surface area contributed by atoms with E-state index >= 15 is 0 Å². The number of hydrogen-bond acceptors (Lipinski definition) is 5. The van der Waals surface area contributed by atoms with Gasteiger partial charge in [0, 0.05) is 24.6 Å². The lowest BCUT2D eigenvalue weighted by Crippen LogP contribution is -2.26. The highest BCUT2D eigenvalue weighted by molar-refractivity contribution is 7.85. The average Bonchev–Trinajstić information content (AvgIpc) is 2.84. The molecule has 0 amide bonds. The molecule has 6 nitrogen and oxygen atoms in total. The smallest absolute Gasteiger partial charge is 0.333 e. The van der Waals surface area contributed by atoms with Crippen LogP contribution < -0.4 is 9.64 Å². The lowest BCUT2D eigenvalue weighted by Gasteiger charge is -2.32. The molecule has 178 valence electrons. The van der Waals surface area contributed by atoms with Gasteiger partial charge in [0.15, 0.2) is 6.10 Å². The normalized spacial score (nSPS) is 15.4. The second-order valence-corrected chi connectivity index (χ2v) is 9.69. The largest absolute Gasteiger partial charge is 0.494 e. The Hall–Kier alpha value is -2.87. The summed E-state index contributed by atoms with van der Waals surface area (Å²) in [6.45, 7) is 3.30. The fourth-order valence-electron chi connectivity index (χ4n) is 3.95. The Kier molecular flexibility index (Phi) is 7.88. The van der Waals surface area contributed by atoms with Gasteiger partial charge in [-0.05, 0) is 61.4 Å². The summed E-state index contributed by atoms with van der Waals surface area (Å²) < 4.78 is 24.2. The molecule has 3 aromatic rings. The quantitative estimate of drug-likeness (QED) is 0.373. The topological polar surface area (TPSA) is 76.1 Å². The molecule has 1 heterocycles. The van der Waals surface area contributed by atoms with E-state index in [2.05, 4.69) is 4.90 Å². The Balaban J connectivity index is 1.38. The first-order valence-corrected chi connectivity index (χ1v) is 12.6. The van der Waals surface area contributed by atoms with Crippen molar-refractivity contribution in [2.45, 2.75) is 35.7 Å². The minimum atomic E-state index is -1.24. The molecule has 0 radical (unpaired) electrons. The van der Waals surface area contributed by atoms with Crippen molar-refractivity contribution >= 4 is 39.7 Å². The van der Waals surface area contributed by atoms with Crippen LogP contribution in [0.5, 0.6) is 5.75 Å². The van der Waals surface area contributed by atoms with Gasteiger partial charge in [-0.1, -0.05) is 35.9 Å². The predicted octanol–water partition coefficient (Wildman–Crippen LogP) is 5.46. The summed E-state index contributed by atoms with van der Waals surface area (Å²) in [4.78, 5) is 15.0. The van der Waals surface area contributed by atoms with Crippen LogP contribution in [-0.4, -0.2) is 41.1 Å². The molecule has 1 aliphatic heterocycles. The van der Waals surface area contributed by atoms with E-state index in [4.69, 9.17) is 21.1 Å². The van der Waals surface area contributed by atoms with Crippen LogP contribution in [0.15, 0.2) is 76.5 Å². The number of fused-ring (bicyclic) bond motifs is 2. The van der Waals surface area contributed by atoms with Crippen molar-refractivity contribution in [2.75, 3.05) is 24.7 Å². The van der Waals surface area contributed by atoms with Gasteiger partial charge < -0.3 is 19.5 Å². The minimum Gasteiger partial charge on any atom is -0.494 e. The maximum absolute atomic E-state index is 13.0. The third-order valence-corrected chi connectivity index (χ3v) is 7.27. The summed E-state index contributed by atoms with van der Waals surface area (Å²) in [7, 11) is -1.24. The number of para-hydroxylation sites is 1. The Bertz CT molecular complexity index is 1180. The molecule has 0 aliphatic carbocycles. The van der Waals surface area contributed by atoms with Crippen LogP contribution in [0.25, 0.3) is 0 Å². The Morgan fingerprint density at radius 1 is 1.06 bits per heavy atom. The molecule has 2 atom stereocenters. The Labute approximate surface area is 206 Å². The van der Waals surface area contributed by atoms with Gasteiger partial charge in [-0.2, -0.15) is 0 Å². The Morgan fingerprint density at radius 2 is 1.79 bits per heavy atom. The van der Waals surface area contributed by atoms with Crippen molar-refractivity contribution in [3.8, 4) is 5.75 Å². The van der Waals surface area contributed by atoms with Crippen molar-refractivity contribution in [1.29, 1.82) is 0 Å². The zero-order chi connectivity index (χ0) is 24.1. The molecule has 0 spiro atoms. The molecule has 3 aromatic carbocycles. The zero-order valence-electron chi connectivity index (χ0n) is 18.8. The molecule has 34 heavy (non-hydrogen) atoms. The number of carbonyl (C=O) groups is 1. The van der Waals surface area contributed by atoms with Crippen LogP contribution in [0.1, 0.15) is 18.9 Å². The summed E-state index contributed by atoms with van der Waals surface area (Å²) in [5.74, 6) is -0.246. The highest BCUT2D eigenvalue weighted by Crippen LogP contribution is 2.42.